The van der Waals surface area contributed by atoms with Gasteiger partial charge in [0.05, 0.1) is 16.5 Å². The predicted molar refractivity (Wildman–Crippen MR) is 90.0 cm³/mol. The van der Waals surface area contributed by atoms with E-state index in [2.05, 4.69) is 15.9 Å². The highest BCUT2D eigenvalue weighted by atomic mass is 79.9. The van der Waals surface area contributed by atoms with Crippen LogP contribution in [0.5, 0.6) is 0 Å². The number of alkyl halides is 1. The first-order valence-corrected chi connectivity index (χ1v) is 8.61. The molecule has 1 unspecified atom stereocenters. The van der Waals surface area contributed by atoms with Gasteiger partial charge in [0.1, 0.15) is 6.10 Å². The second kappa shape index (κ2) is 8.44. The van der Waals surface area contributed by atoms with Gasteiger partial charge in [0.15, 0.2) is 6.10 Å². The molecule has 1 saturated heterocycles. The minimum absolute atomic E-state index is 0.339. The van der Waals surface area contributed by atoms with Gasteiger partial charge < -0.3 is 18.9 Å². The molecule has 0 bridgehead atoms. The van der Waals surface area contributed by atoms with Gasteiger partial charge in [-0.05, 0) is 19.1 Å². The maximum absolute atomic E-state index is 12.4. The summed E-state index contributed by atoms with van der Waals surface area (Å²) in [5, 5.41) is 0. The van der Waals surface area contributed by atoms with Crippen LogP contribution >= 0.6 is 15.9 Å². The number of benzene rings is 1. The monoisotopic (exact) mass is 414 g/mol. The van der Waals surface area contributed by atoms with Gasteiger partial charge in [-0.1, -0.05) is 34.1 Å². The Bertz CT molecular complexity index is 633. The Labute approximate surface area is 153 Å². The average molecular weight is 415 g/mol. The van der Waals surface area contributed by atoms with Crippen molar-refractivity contribution < 1.29 is 33.3 Å². The molecule has 8 heteroatoms. The average Bonchev–Trinajstić information content (AvgIpc) is 2.55. The zero-order valence-electron chi connectivity index (χ0n) is 14.0. The second-order valence-electron chi connectivity index (χ2n) is 5.57. The molecule has 5 atom stereocenters. The molecule has 1 aromatic carbocycles. The highest BCUT2D eigenvalue weighted by molar-refractivity contribution is 9.09. The third-order valence-electron chi connectivity index (χ3n) is 3.54. The number of hydrogen-bond donors (Lipinski definition) is 0. The summed E-state index contributed by atoms with van der Waals surface area (Å²) in [4.78, 5) is 34.4. The lowest BCUT2D eigenvalue weighted by atomic mass is 10.0. The molecule has 1 aliphatic rings. The van der Waals surface area contributed by atoms with Crippen LogP contribution in [0.2, 0.25) is 0 Å². The molecule has 1 fully saturated rings. The quantitative estimate of drug-likeness (QED) is 0.423. The Morgan fingerprint density at radius 3 is 2.12 bits per heavy atom. The Morgan fingerprint density at radius 2 is 1.56 bits per heavy atom. The summed E-state index contributed by atoms with van der Waals surface area (Å²) in [7, 11) is 0. The van der Waals surface area contributed by atoms with Gasteiger partial charge >= 0.3 is 17.9 Å². The molecular formula is C17H19BrO7. The molecule has 2 rings (SSSR count). The molecule has 0 amide bonds. The molecule has 136 valence electrons. The summed E-state index contributed by atoms with van der Waals surface area (Å²) < 4.78 is 21.5. The first kappa shape index (κ1) is 19.4. The van der Waals surface area contributed by atoms with Gasteiger partial charge in [-0.3, -0.25) is 9.59 Å². The third-order valence-corrected chi connectivity index (χ3v) is 4.59. The van der Waals surface area contributed by atoms with Crippen LogP contribution in [0.15, 0.2) is 30.3 Å². The van der Waals surface area contributed by atoms with E-state index in [0.29, 0.717) is 5.56 Å². The molecule has 0 aliphatic carbocycles. The number of rotatable bonds is 4. The van der Waals surface area contributed by atoms with E-state index >= 15 is 0 Å². The summed E-state index contributed by atoms with van der Waals surface area (Å²) in [6, 6.07) is 8.37. The van der Waals surface area contributed by atoms with Crippen molar-refractivity contribution in [3.05, 3.63) is 35.9 Å². The Hall–Kier alpha value is -1.93. The molecule has 7 nitrogen and oxygen atoms in total. The van der Waals surface area contributed by atoms with E-state index in [1.165, 1.54) is 13.8 Å². The maximum Gasteiger partial charge on any atom is 0.338 e. The maximum atomic E-state index is 12.4. The van der Waals surface area contributed by atoms with Gasteiger partial charge in [-0.2, -0.15) is 0 Å². The lowest BCUT2D eigenvalue weighted by molar-refractivity contribution is -0.252. The van der Waals surface area contributed by atoms with Crippen molar-refractivity contribution >= 4 is 33.8 Å². The summed E-state index contributed by atoms with van der Waals surface area (Å²) in [6.07, 6.45) is -3.38. The highest BCUT2D eigenvalue weighted by Crippen LogP contribution is 2.32. The van der Waals surface area contributed by atoms with E-state index in [0.717, 1.165) is 0 Å². The minimum Gasteiger partial charge on any atom is -0.458 e. The molecular weight excluding hydrogens is 396 g/mol. The standard InChI is InChI=1S/C17H19BrO7/c1-9-14(23-10(2)19)13(18)15(17(22-9)24-11(3)20)25-16(21)12-7-5-4-6-8-12/h4-9,13-15,17H,1-3H3/t9-,13-,14-,15+,17?/m1/s1. The molecule has 1 aromatic rings. The molecule has 0 spiro atoms. The number of carbonyl (C=O) groups is 3. The largest absolute Gasteiger partial charge is 0.458 e. The van der Waals surface area contributed by atoms with Crippen LogP contribution < -0.4 is 0 Å². The van der Waals surface area contributed by atoms with Crippen LogP contribution in [-0.4, -0.2) is 47.3 Å². The third kappa shape index (κ3) is 5.02. The van der Waals surface area contributed by atoms with Gasteiger partial charge in [0.2, 0.25) is 6.29 Å². The normalized spacial score (nSPS) is 28.7. The van der Waals surface area contributed by atoms with E-state index < -0.39 is 47.3 Å². The first-order valence-electron chi connectivity index (χ1n) is 7.69. The van der Waals surface area contributed by atoms with E-state index in [1.54, 1.807) is 37.3 Å². The molecule has 1 aliphatic heterocycles. The fraction of sp³-hybridized carbons (Fsp3) is 0.471. The zero-order valence-corrected chi connectivity index (χ0v) is 15.6. The number of esters is 3. The first-order chi connectivity index (χ1) is 11.8. The van der Waals surface area contributed by atoms with Crippen molar-refractivity contribution in [3.63, 3.8) is 0 Å². The van der Waals surface area contributed by atoms with Gasteiger partial charge in [-0.15, -0.1) is 0 Å². The summed E-state index contributed by atoms with van der Waals surface area (Å²) in [5.74, 6) is -1.68. The smallest absolute Gasteiger partial charge is 0.338 e. The van der Waals surface area contributed by atoms with E-state index in [1.807, 2.05) is 0 Å². The number of halogens is 1. The van der Waals surface area contributed by atoms with E-state index in [-0.39, 0.29) is 0 Å². The number of hydrogen-bond acceptors (Lipinski definition) is 7. The SMILES string of the molecule is CC(=O)OC1O[C@H](C)[C@@H](OC(C)=O)[C@@H](Br)[C@@H]1OC(=O)c1ccccc1. The zero-order chi connectivity index (χ0) is 18.6. The van der Waals surface area contributed by atoms with Crippen LogP contribution in [0.4, 0.5) is 0 Å². The van der Waals surface area contributed by atoms with Crippen molar-refractivity contribution in [2.24, 2.45) is 0 Å². The minimum atomic E-state index is -1.11. The molecule has 0 N–H and O–H groups in total. The lowest BCUT2D eigenvalue weighted by Gasteiger charge is -2.41. The van der Waals surface area contributed by atoms with Gasteiger partial charge in [0, 0.05) is 13.8 Å². The van der Waals surface area contributed by atoms with Crippen molar-refractivity contribution in [3.8, 4) is 0 Å². The summed E-state index contributed by atoms with van der Waals surface area (Å²) >= 11 is 3.40. The predicted octanol–water partition coefficient (Wildman–Crippen LogP) is 2.22. The molecule has 25 heavy (non-hydrogen) atoms. The Kier molecular flexibility index (Phi) is 6.55. The van der Waals surface area contributed by atoms with E-state index in [4.69, 9.17) is 18.9 Å². The van der Waals surface area contributed by atoms with Crippen molar-refractivity contribution in [1.29, 1.82) is 0 Å². The fourth-order valence-corrected chi connectivity index (χ4v) is 3.35. The van der Waals surface area contributed by atoms with Crippen molar-refractivity contribution in [1.82, 2.24) is 0 Å². The van der Waals surface area contributed by atoms with E-state index in [9.17, 15) is 14.4 Å². The van der Waals surface area contributed by atoms with Crippen LogP contribution in [0.1, 0.15) is 31.1 Å². The van der Waals surface area contributed by atoms with Crippen LogP contribution in [-0.2, 0) is 28.5 Å². The molecule has 0 saturated carbocycles. The Morgan fingerprint density at radius 1 is 0.960 bits per heavy atom. The summed E-state index contributed by atoms with van der Waals surface area (Å²) in [6.45, 7) is 4.18. The van der Waals surface area contributed by atoms with Gasteiger partial charge in [-0.25, -0.2) is 4.79 Å². The topological polar surface area (TPSA) is 88.1 Å². The summed E-state index contributed by atoms with van der Waals surface area (Å²) in [5.41, 5.74) is 0.339. The van der Waals surface area contributed by atoms with Gasteiger partial charge in [0.25, 0.3) is 0 Å². The molecule has 0 radical (unpaired) electrons. The lowest BCUT2D eigenvalue weighted by Crippen LogP contribution is -2.58. The molecule has 0 aromatic heterocycles. The fourth-order valence-electron chi connectivity index (χ4n) is 2.46. The highest BCUT2D eigenvalue weighted by Gasteiger charge is 2.48. The van der Waals surface area contributed by atoms with Crippen LogP contribution in [0.3, 0.4) is 0 Å². The van der Waals surface area contributed by atoms with Crippen molar-refractivity contribution in [2.75, 3.05) is 0 Å². The number of ether oxygens (including phenoxy) is 4. The van der Waals surface area contributed by atoms with Crippen LogP contribution in [0.25, 0.3) is 0 Å². The second-order valence-corrected chi connectivity index (χ2v) is 6.63. The molecule has 1 heterocycles. The van der Waals surface area contributed by atoms with Crippen LogP contribution in [0, 0.1) is 0 Å². The number of carbonyl (C=O) groups excluding carboxylic acids is 3. The van der Waals surface area contributed by atoms with Crippen molar-refractivity contribution in [2.45, 2.75) is 50.2 Å². The Balaban J connectivity index is 2.22.